The highest BCUT2D eigenvalue weighted by Gasteiger charge is 2.28. The van der Waals surface area contributed by atoms with Gasteiger partial charge < -0.3 is 9.47 Å². The summed E-state index contributed by atoms with van der Waals surface area (Å²) in [5, 5.41) is 7.27. The smallest absolute Gasteiger partial charge is 0.195 e. The van der Waals surface area contributed by atoms with Gasteiger partial charge in [0, 0.05) is 25.0 Å². The Bertz CT molecular complexity index is 418. The first-order valence-electron chi connectivity index (χ1n) is 6.48. The number of nitrogens with one attached hydrogen (secondary N) is 1. The van der Waals surface area contributed by atoms with E-state index in [1.165, 1.54) is 19.3 Å². The summed E-state index contributed by atoms with van der Waals surface area (Å²) in [6.07, 6.45) is 3.71. The molecule has 1 unspecified atom stereocenters. The zero-order valence-corrected chi connectivity index (χ0v) is 11.8. The second kappa shape index (κ2) is 5.31. The SMILES string of the molecule is CCC(C)N(C)CCn1c(C2CC2)n[nH]c1=S. The van der Waals surface area contributed by atoms with Gasteiger partial charge in [-0.25, -0.2) is 0 Å². The minimum Gasteiger partial charge on any atom is -0.303 e. The molecule has 0 aromatic carbocycles. The average molecular weight is 254 g/mol. The van der Waals surface area contributed by atoms with Crippen molar-refractivity contribution in [1.29, 1.82) is 0 Å². The van der Waals surface area contributed by atoms with E-state index < -0.39 is 0 Å². The van der Waals surface area contributed by atoms with Crippen LogP contribution in [-0.2, 0) is 6.54 Å². The average Bonchev–Trinajstić information content (AvgIpc) is 3.10. The summed E-state index contributed by atoms with van der Waals surface area (Å²) in [6.45, 7) is 6.46. The third-order valence-electron chi connectivity index (χ3n) is 3.75. The minimum absolute atomic E-state index is 0.625. The number of hydrogen-bond donors (Lipinski definition) is 1. The lowest BCUT2D eigenvalue weighted by atomic mass is 10.2. The molecule has 0 aliphatic heterocycles. The highest BCUT2D eigenvalue weighted by atomic mass is 32.1. The number of likely N-dealkylation sites (N-methyl/N-ethyl adjacent to an activating group) is 1. The van der Waals surface area contributed by atoms with Crippen molar-refractivity contribution in [1.82, 2.24) is 19.7 Å². The molecule has 1 aromatic heterocycles. The lowest BCUT2D eigenvalue weighted by Gasteiger charge is -2.23. The Morgan fingerprint density at radius 3 is 2.88 bits per heavy atom. The van der Waals surface area contributed by atoms with Crippen molar-refractivity contribution in [3.05, 3.63) is 10.6 Å². The quantitative estimate of drug-likeness (QED) is 0.793. The number of H-pyrrole nitrogens is 1. The van der Waals surface area contributed by atoms with Gasteiger partial charge in [0.25, 0.3) is 0 Å². The van der Waals surface area contributed by atoms with Crippen LogP contribution in [0.15, 0.2) is 0 Å². The monoisotopic (exact) mass is 254 g/mol. The van der Waals surface area contributed by atoms with Gasteiger partial charge in [0.05, 0.1) is 0 Å². The van der Waals surface area contributed by atoms with Crippen LogP contribution < -0.4 is 0 Å². The number of aromatic amines is 1. The molecule has 1 heterocycles. The van der Waals surface area contributed by atoms with Gasteiger partial charge in [0.15, 0.2) is 4.77 Å². The third kappa shape index (κ3) is 2.96. The molecule has 5 heteroatoms. The van der Waals surface area contributed by atoms with Crippen LogP contribution in [-0.4, -0.2) is 39.3 Å². The highest BCUT2D eigenvalue weighted by molar-refractivity contribution is 7.71. The van der Waals surface area contributed by atoms with E-state index in [-0.39, 0.29) is 0 Å². The lowest BCUT2D eigenvalue weighted by Crippen LogP contribution is -2.31. The Morgan fingerprint density at radius 1 is 1.59 bits per heavy atom. The van der Waals surface area contributed by atoms with Crippen LogP contribution in [0.3, 0.4) is 0 Å². The summed E-state index contributed by atoms with van der Waals surface area (Å²) in [7, 11) is 2.18. The molecule has 4 nitrogen and oxygen atoms in total. The molecule has 1 aromatic rings. The first-order chi connectivity index (χ1) is 8.13. The van der Waals surface area contributed by atoms with Crippen LogP contribution in [0.4, 0.5) is 0 Å². The van der Waals surface area contributed by atoms with Gasteiger partial charge in [-0.15, -0.1) is 0 Å². The Hall–Kier alpha value is -0.680. The zero-order chi connectivity index (χ0) is 12.4. The van der Waals surface area contributed by atoms with E-state index in [2.05, 4.69) is 40.6 Å². The van der Waals surface area contributed by atoms with Crippen molar-refractivity contribution in [2.45, 2.75) is 51.6 Å². The van der Waals surface area contributed by atoms with E-state index in [1.807, 2.05) is 0 Å². The molecule has 1 fully saturated rings. The fraction of sp³-hybridized carbons (Fsp3) is 0.833. The first-order valence-corrected chi connectivity index (χ1v) is 6.89. The molecule has 2 rings (SSSR count). The first kappa shape index (κ1) is 12.8. The summed E-state index contributed by atoms with van der Waals surface area (Å²) < 4.78 is 2.94. The summed E-state index contributed by atoms with van der Waals surface area (Å²) in [4.78, 5) is 2.38. The topological polar surface area (TPSA) is 36.9 Å². The van der Waals surface area contributed by atoms with Crippen molar-refractivity contribution in [2.24, 2.45) is 0 Å². The van der Waals surface area contributed by atoms with Crippen LogP contribution in [0.1, 0.15) is 44.9 Å². The molecule has 1 aliphatic carbocycles. The van der Waals surface area contributed by atoms with Crippen LogP contribution in [0.25, 0.3) is 0 Å². The summed E-state index contributed by atoms with van der Waals surface area (Å²) in [5.41, 5.74) is 0. The van der Waals surface area contributed by atoms with E-state index in [4.69, 9.17) is 12.2 Å². The maximum absolute atomic E-state index is 5.29. The maximum atomic E-state index is 5.29. The van der Waals surface area contributed by atoms with Crippen molar-refractivity contribution in [2.75, 3.05) is 13.6 Å². The summed E-state index contributed by atoms with van der Waals surface area (Å²) in [5.74, 6) is 1.81. The fourth-order valence-corrected chi connectivity index (χ4v) is 2.22. The lowest BCUT2D eigenvalue weighted by molar-refractivity contribution is 0.241. The number of rotatable bonds is 6. The third-order valence-corrected chi connectivity index (χ3v) is 4.06. The fourth-order valence-electron chi connectivity index (χ4n) is 1.99. The van der Waals surface area contributed by atoms with E-state index in [0.29, 0.717) is 12.0 Å². The number of nitrogens with zero attached hydrogens (tertiary/aromatic N) is 3. The maximum Gasteiger partial charge on any atom is 0.195 e. The van der Waals surface area contributed by atoms with Gasteiger partial charge in [-0.05, 0) is 45.5 Å². The Labute approximate surface area is 108 Å². The summed E-state index contributed by atoms with van der Waals surface area (Å²) >= 11 is 5.29. The second-order valence-corrected chi connectivity index (χ2v) is 5.44. The van der Waals surface area contributed by atoms with Crippen LogP contribution in [0, 0.1) is 4.77 Å². The largest absolute Gasteiger partial charge is 0.303 e. The van der Waals surface area contributed by atoms with E-state index in [1.54, 1.807) is 0 Å². The molecule has 0 saturated heterocycles. The van der Waals surface area contributed by atoms with Crippen molar-refractivity contribution in [3.8, 4) is 0 Å². The molecule has 0 amide bonds. The Morgan fingerprint density at radius 2 is 2.29 bits per heavy atom. The molecular formula is C12H22N4S. The molecule has 1 saturated carbocycles. The van der Waals surface area contributed by atoms with Gasteiger partial charge in [0.2, 0.25) is 0 Å². The Kier molecular flexibility index (Phi) is 3.99. The van der Waals surface area contributed by atoms with Gasteiger partial charge in [-0.3, -0.25) is 5.10 Å². The van der Waals surface area contributed by atoms with Crippen LogP contribution in [0.5, 0.6) is 0 Å². The van der Waals surface area contributed by atoms with E-state index in [9.17, 15) is 0 Å². The minimum atomic E-state index is 0.625. The van der Waals surface area contributed by atoms with Crippen molar-refractivity contribution in [3.63, 3.8) is 0 Å². The van der Waals surface area contributed by atoms with Gasteiger partial charge in [0.1, 0.15) is 5.82 Å². The normalized spacial score (nSPS) is 17.6. The van der Waals surface area contributed by atoms with E-state index in [0.717, 1.165) is 23.7 Å². The molecule has 0 radical (unpaired) electrons. The molecular weight excluding hydrogens is 232 g/mol. The molecule has 0 spiro atoms. The standard InChI is InChI=1S/C12H22N4S/c1-4-9(2)15(3)7-8-16-11(10-5-6-10)13-14-12(16)17/h9-10H,4-8H2,1-3H3,(H,14,17). The predicted molar refractivity (Wildman–Crippen MR) is 71.8 cm³/mol. The molecule has 0 bridgehead atoms. The summed E-state index contributed by atoms with van der Waals surface area (Å²) in [6, 6.07) is 0.625. The molecule has 1 N–H and O–H groups in total. The second-order valence-electron chi connectivity index (χ2n) is 5.05. The van der Waals surface area contributed by atoms with Crippen LogP contribution in [0.2, 0.25) is 0 Å². The van der Waals surface area contributed by atoms with Gasteiger partial charge >= 0.3 is 0 Å². The van der Waals surface area contributed by atoms with Crippen LogP contribution >= 0.6 is 12.2 Å². The number of aromatic nitrogens is 3. The van der Waals surface area contributed by atoms with E-state index >= 15 is 0 Å². The molecule has 96 valence electrons. The van der Waals surface area contributed by atoms with Gasteiger partial charge in [-0.1, -0.05) is 6.92 Å². The van der Waals surface area contributed by atoms with Crippen molar-refractivity contribution >= 4 is 12.2 Å². The van der Waals surface area contributed by atoms with Crippen molar-refractivity contribution < 1.29 is 0 Å². The zero-order valence-electron chi connectivity index (χ0n) is 10.9. The molecule has 17 heavy (non-hydrogen) atoms. The van der Waals surface area contributed by atoms with Gasteiger partial charge in [-0.2, -0.15) is 5.10 Å². The Balaban J connectivity index is 1.98. The highest BCUT2D eigenvalue weighted by Crippen LogP contribution is 2.38. The molecule has 1 atom stereocenters. The predicted octanol–water partition coefficient (Wildman–Crippen LogP) is 2.55. The molecule has 1 aliphatic rings. The number of hydrogen-bond acceptors (Lipinski definition) is 3.